The molecule has 1 unspecified atom stereocenters. The molecule has 6 heteroatoms. The molecule has 3 heterocycles. The van der Waals surface area contributed by atoms with Crippen LogP contribution in [0.2, 0.25) is 5.15 Å². The lowest BCUT2D eigenvalue weighted by atomic mass is 9.91. The molecule has 2 aromatic rings. The van der Waals surface area contributed by atoms with E-state index < -0.39 is 5.60 Å². The van der Waals surface area contributed by atoms with Crippen molar-refractivity contribution in [2.24, 2.45) is 0 Å². The van der Waals surface area contributed by atoms with Crippen LogP contribution in [0.5, 0.6) is 0 Å². The largest absolute Gasteiger partial charge is 0.444 e. The topological polar surface area (TPSA) is 58.2 Å². The second-order valence-corrected chi connectivity index (χ2v) is 7.43. The summed E-state index contributed by atoms with van der Waals surface area (Å²) >= 11 is 5.94. The van der Waals surface area contributed by atoms with Gasteiger partial charge in [-0.1, -0.05) is 11.6 Å². The predicted octanol–water partition coefficient (Wildman–Crippen LogP) is 4.33. The first-order valence-electron chi connectivity index (χ1n) is 7.95. The Hall–Kier alpha value is -1.75. The summed E-state index contributed by atoms with van der Waals surface area (Å²) in [4.78, 5) is 21.6. The maximum Gasteiger partial charge on any atom is 0.410 e. The number of aromatic amines is 1. The second-order valence-electron chi connectivity index (χ2n) is 7.04. The minimum Gasteiger partial charge on any atom is -0.444 e. The van der Waals surface area contributed by atoms with Crippen molar-refractivity contribution in [1.82, 2.24) is 14.9 Å². The Bertz CT molecular complexity index is 720. The molecule has 0 aromatic carbocycles. The van der Waals surface area contributed by atoms with Crippen LogP contribution in [0.25, 0.3) is 11.0 Å². The number of piperidine rings is 1. The van der Waals surface area contributed by atoms with E-state index in [2.05, 4.69) is 9.97 Å². The van der Waals surface area contributed by atoms with Gasteiger partial charge in [0.2, 0.25) is 0 Å². The fourth-order valence-electron chi connectivity index (χ4n) is 3.06. The molecule has 1 aliphatic rings. The number of ether oxygens (including phenoxy) is 1. The van der Waals surface area contributed by atoms with Gasteiger partial charge in [0.1, 0.15) is 16.4 Å². The Labute approximate surface area is 141 Å². The van der Waals surface area contributed by atoms with E-state index in [9.17, 15) is 4.79 Å². The molecule has 0 spiro atoms. The maximum absolute atomic E-state index is 12.3. The highest BCUT2D eigenvalue weighted by molar-refractivity contribution is 6.29. The van der Waals surface area contributed by atoms with Gasteiger partial charge in [0.15, 0.2) is 0 Å². The zero-order chi connectivity index (χ0) is 16.6. The standard InChI is InChI=1S/C17H22ClN3O2/c1-17(2,3)23-16(22)21-8-4-5-11(10-21)13-9-19-15-12(13)6-7-14(18)20-15/h6-7,9,11H,4-5,8,10H2,1-3H3,(H,19,20). The van der Waals surface area contributed by atoms with E-state index in [4.69, 9.17) is 16.3 Å². The zero-order valence-electron chi connectivity index (χ0n) is 13.7. The Balaban J connectivity index is 1.79. The van der Waals surface area contributed by atoms with Gasteiger partial charge in [0.25, 0.3) is 0 Å². The third-order valence-corrected chi connectivity index (χ3v) is 4.26. The molecule has 1 fully saturated rings. The van der Waals surface area contributed by atoms with Gasteiger partial charge in [-0.2, -0.15) is 0 Å². The van der Waals surface area contributed by atoms with Crippen LogP contribution in [0, 0.1) is 0 Å². The number of hydrogen-bond acceptors (Lipinski definition) is 3. The smallest absolute Gasteiger partial charge is 0.410 e. The van der Waals surface area contributed by atoms with Gasteiger partial charge in [0.05, 0.1) is 0 Å². The molecule has 1 N–H and O–H groups in total. The van der Waals surface area contributed by atoms with E-state index in [0.29, 0.717) is 11.7 Å². The number of amides is 1. The predicted molar refractivity (Wildman–Crippen MR) is 90.9 cm³/mol. The number of nitrogens with zero attached hydrogens (tertiary/aromatic N) is 2. The van der Waals surface area contributed by atoms with E-state index in [-0.39, 0.29) is 12.0 Å². The molecule has 0 radical (unpaired) electrons. The van der Waals surface area contributed by atoms with Crippen molar-refractivity contribution in [2.75, 3.05) is 13.1 Å². The van der Waals surface area contributed by atoms with E-state index in [0.717, 1.165) is 30.4 Å². The number of rotatable bonds is 1. The number of carbonyl (C=O) groups is 1. The van der Waals surface area contributed by atoms with Gasteiger partial charge in [-0.3, -0.25) is 0 Å². The molecule has 2 aromatic heterocycles. The lowest BCUT2D eigenvalue weighted by Crippen LogP contribution is -2.42. The number of pyridine rings is 1. The molecule has 0 aliphatic carbocycles. The van der Waals surface area contributed by atoms with Gasteiger partial charge in [-0.15, -0.1) is 0 Å². The number of aromatic nitrogens is 2. The van der Waals surface area contributed by atoms with Crippen LogP contribution in [0.1, 0.15) is 45.1 Å². The average molecular weight is 336 g/mol. The van der Waals surface area contributed by atoms with Gasteiger partial charge < -0.3 is 14.6 Å². The van der Waals surface area contributed by atoms with Crippen molar-refractivity contribution >= 4 is 28.7 Å². The number of likely N-dealkylation sites (tertiary alicyclic amines) is 1. The van der Waals surface area contributed by atoms with Crippen LogP contribution < -0.4 is 0 Å². The summed E-state index contributed by atoms with van der Waals surface area (Å²) in [6, 6.07) is 3.79. The molecule has 0 saturated carbocycles. The lowest BCUT2D eigenvalue weighted by molar-refractivity contribution is 0.0198. The fourth-order valence-corrected chi connectivity index (χ4v) is 3.21. The quantitative estimate of drug-likeness (QED) is 0.789. The van der Waals surface area contributed by atoms with Crippen molar-refractivity contribution in [3.63, 3.8) is 0 Å². The lowest BCUT2D eigenvalue weighted by Gasteiger charge is -2.34. The monoisotopic (exact) mass is 335 g/mol. The first-order chi connectivity index (χ1) is 10.8. The summed E-state index contributed by atoms with van der Waals surface area (Å²) in [5, 5.41) is 1.55. The highest BCUT2D eigenvalue weighted by Gasteiger charge is 2.29. The minimum absolute atomic E-state index is 0.233. The van der Waals surface area contributed by atoms with Gasteiger partial charge >= 0.3 is 6.09 Å². The van der Waals surface area contributed by atoms with E-state index in [1.54, 1.807) is 6.07 Å². The van der Waals surface area contributed by atoms with Crippen LogP contribution in [0.3, 0.4) is 0 Å². The highest BCUT2D eigenvalue weighted by Crippen LogP contribution is 2.32. The van der Waals surface area contributed by atoms with Crippen molar-refractivity contribution < 1.29 is 9.53 Å². The second kappa shape index (κ2) is 6.04. The summed E-state index contributed by atoms with van der Waals surface area (Å²) in [5.41, 5.74) is 1.52. The summed E-state index contributed by atoms with van der Waals surface area (Å²) in [7, 11) is 0. The number of carbonyl (C=O) groups excluding carboxylic acids is 1. The van der Waals surface area contributed by atoms with Crippen LogP contribution in [0.4, 0.5) is 4.79 Å². The third kappa shape index (κ3) is 3.61. The first kappa shape index (κ1) is 16.1. The molecule has 23 heavy (non-hydrogen) atoms. The molecular weight excluding hydrogens is 314 g/mol. The van der Waals surface area contributed by atoms with E-state index >= 15 is 0 Å². The van der Waals surface area contributed by atoms with E-state index in [1.165, 1.54) is 5.56 Å². The number of H-pyrrole nitrogens is 1. The summed E-state index contributed by atoms with van der Waals surface area (Å²) in [6.45, 7) is 7.09. The molecule has 0 bridgehead atoms. The Morgan fingerprint density at radius 2 is 2.22 bits per heavy atom. The van der Waals surface area contributed by atoms with Gasteiger partial charge in [0, 0.05) is 30.6 Å². The van der Waals surface area contributed by atoms with Gasteiger partial charge in [-0.05, 0) is 51.3 Å². The SMILES string of the molecule is CC(C)(C)OC(=O)N1CCCC(c2c[nH]c3nc(Cl)ccc23)C1. The summed E-state index contributed by atoms with van der Waals surface area (Å²) in [6.07, 6.45) is 3.77. The van der Waals surface area contributed by atoms with Crippen LogP contribution >= 0.6 is 11.6 Å². The molecule has 1 aliphatic heterocycles. The Kier molecular flexibility index (Phi) is 4.23. The summed E-state index contributed by atoms with van der Waals surface area (Å²) < 4.78 is 5.50. The van der Waals surface area contributed by atoms with Crippen LogP contribution in [0.15, 0.2) is 18.3 Å². The third-order valence-electron chi connectivity index (χ3n) is 4.05. The van der Waals surface area contributed by atoms with Crippen LogP contribution in [-0.2, 0) is 4.74 Å². The molecule has 1 saturated heterocycles. The number of hydrogen-bond donors (Lipinski definition) is 1. The number of fused-ring (bicyclic) bond motifs is 1. The normalized spacial score (nSPS) is 19.1. The molecular formula is C17H22ClN3O2. The number of halogens is 1. The highest BCUT2D eigenvalue weighted by atomic mass is 35.5. The van der Waals surface area contributed by atoms with Crippen molar-refractivity contribution in [1.29, 1.82) is 0 Å². The zero-order valence-corrected chi connectivity index (χ0v) is 14.5. The molecule has 3 rings (SSSR count). The Morgan fingerprint density at radius 3 is 2.96 bits per heavy atom. The Morgan fingerprint density at radius 1 is 1.43 bits per heavy atom. The van der Waals surface area contributed by atoms with E-state index in [1.807, 2.05) is 37.9 Å². The van der Waals surface area contributed by atoms with Crippen molar-refractivity contribution in [3.8, 4) is 0 Å². The molecule has 5 nitrogen and oxygen atoms in total. The van der Waals surface area contributed by atoms with Crippen molar-refractivity contribution in [3.05, 3.63) is 29.0 Å². The summed E-state index contributed by atoms with van der Waals surface area (Å²) in [5.74, 6) is 0.285. The minimum atomic E-state index is -0.467. The molecule has 1 atom stereocenters. The maximum atomic E-state index is 12.3. The van der Waals surface area contributed by atoms with Crippen LogP contribution in [-0.4, -0.2) is 39.7 Å². The molecule has 1 amide bonds. The van der Waals surface area contributed by atoms with Gasteiger partial charge in [-0.25, -0.2) is 9.78 Å². The average Bonchev–Trinajstić information content (AvgIpc) is 2.88. The fraction of sp³-hybridized carbons (Fsp3) is 0.529. The first-order valence-corrected chi connectivity index (χ1v) is 8.33. The van der Waals surface area contributed by atoms with Crippen molar-refractivity contribution in [2.45, 2.75) is 45.1 Å². The number of nitrogens with one attached hydrogen (secondary N) is 1. The molecule has 124 valence electrons.